The van der Waals surface area contributed by atoms with E-state index in [-0.39, 0.29) is 6.10 Å². The van der Waals surface area contributed by atoms with E-state index in [0.717, 1.165) is 17.8 Å². The zero-order chi connectivity index (χ0) is 23.6. The maximum absolute atomic E-state index is 11.4. The average molecular weight is 661 g/mol. The van der Waals surface area contributed by atoms with Crippen LogP contribution < -0.4 is 5.73 Å². The summed E-state index contributed by atoms with van der Waals surface area (Å²) < 4.78 is 7.80. The maximum Gasteiger partial charge on any atom is 0.320 e. The van der Waals surface area contributed by atoms with Crippen LogP contribution in [-0.4, -0.2) is 37.2 Å². The van der Waals surface area contributed by atoms with Gasteiger partial charge in [-0.15, -0.1) is 0 Å². The van der Waals surface area contributed by atoms with Crippen LogP contribution in [0.4, 0.5) is 0 Å². The van der Waals surface area contributed by atoms with Crippen molar-refractivity contribution in [2.45, 2.75) is 100 Å². The largest absolute Gasteiger partial charge is 0.480 e. The van der Waals surface area contributed by atoms with Crippen LogP contribution in [0.5, 0.6) is 0 Å². The number of hydrogen-bond acceptors (Lipinski definition) is 3. The van der Waals surface area contributed by atoms with Crippen LogP contribution in [0.25, 0.3) is 0 Å². The molecule has 0 saturated heterocycles. The SMILES string of the molecule is CCC1CC(C)C(OC2C(I)C(C)C(CC(N)C(=O)O)C(C)C2I)C(C)C1CC(C)C. The van der Waals surface area contributed by atoms with Gasteiger partial charge in [-0.25, -0.2) is 0 Å². The lowest BCUT2D eigenvalue weighted by molar-refractivity contribution is -0.140. The van der Waals surface area contributed by atoms with Gasteiger partial charge < -0.3 is 15.6 Å². The third-order valence-corrected chi connectivity index (χ3v) is 12.1. The number of ether oxygens (including phenoxy) is 1. The Kier molecular flexibility index (Phi) is 10.9. The molecule has 0 aromatic heterocycles. The Balaban J connectivity index is 2.18. The van der Waals surface area contributed by atoms with Gasteiger partial charge in [0.05, 0.1) is 12.2 Å². The fourth-order valence-corrected chi connectivity index (χ4v) is 9.63. The van der Waals surface area contributed by atoms with Crippen molar-refractivity contribution in [1.82, 2.24) is 0 Å². The van der Waals surface area contributed by atoms with Gasteiger partial charge >= 0.3 is 5.97 Å². The summed E-state index contributed by atoms with van der Waals surface area (Å²) in [5.41, 5.74) is 5.93. The molecule has 0 aromatic rings. The topological polar surface area (TPSA) is 72.5 Å². The first-order valence-electron chi connectivity index (χ1n) is 12.3. The first-order chi connectivity index (χ1) is 14.4. The van der Waals surface area contributed by atoms with Gasteiger partial charge in [0.1, 0.15) is 6.04 Å². The predicted octanol–water partition coefficient (Wildman–Crippen LogP) is 6.42. The Morgan fingerprint density at radius 3 is 2.00 bits per heavy atom. The molecule has 0 spiro atoms. The minimum Gasteiger partial charge on any atom is -0.480 e. The molecule has 0 aromatic carbocycles. The number of nitrogens with two attached hydrogens (primary N) is 1. The fraction of sp³-hybridized carbons (Fsp3) is 0.960. The van der Waals surface area contributed by atoms with E-state index in [9.17, 15) is 9.90 Å². The molecule has 182 valence electrons. The lowest BCUT2D eigenvalue weighted by atomic mass is 9.63. The summed E-state index contributed by atoms with van der Waals surface area (Å²) >= 11 is 5.16. The van der Waals surface area contributed by atoms with E-state index < -0.39 is 12.0 Å². The summed E-state index contributed by atoms with van der Waals surface area (Å²) in [6.07, 6.45) is 4.90. The van der Waals surface area contributed by atoms with Crippen LogP contribution in [0, 0.1) is 47.3 Å². The van der Waals surface area contributed by atoms with Gasteiger partial charge in [0, 0.05) is 7.85 Å². The molecule has 3 N–H and O–H groups in total. The second-order valence-electron chi connectivity index (χ2n) is 11.1. The summed E-state index contributed by atoms with van der Waals surface area (Å²) in [4.78, 5) is 11.4. The standard InChI is InChI=1S/C25H45I2NO3/c1-8-17-10-13(4)23(16(7)19(17)9-12(2)3)31-24-21(26)14(5)18(15(6)22(24)27)11-20(28)25(29)30/h12-24H,8-11,28H2,1-7H3,(H,29,30). The molecule has 2 aliphatic rings. The van der Waals surface area contributed by atoms with Crippen molar-refractivity contribution in [2.24, 2.45) is 53.1 Å². The molecular formula is C25H45I2NO3. The summed E-state index contributed by atoms with van der Waals surface area (Å²) in [5.74, 6) is 3.64. The van der Waals surface area contributed by atoms with Crippen LogP contribution in [-0.2, 0) is 9.53 Å². The molecule has 0 amide bonds. The van der Waals surface area contributed by atoms with Gasteiger partial charge in [0.25, 0.3) is 0 Å². The highest BCUT2D eigenvalue weighted by Crippen LogP contribution is 2.49. The number of carbonyl (C=O) groups is 1. The van der Waals surface area contributed by atoms with Gasteiger partial charge in [-0.3, -0.25) is 4.79 Å². The Morgan fingerprint density at radius 2 is 1.55 bits per heavy atom. The molecule has 2 saturated carbocycles. The third-order valence-electron chi connectivity index (χ3n) is 8.44. The molecule has 31 heavy (non-hydrogen) atoms. The molecular weight excluding hydrogens is 616 g/mol. The lowest BCUT2D eigenvalue weighted by Crippen LogP contribution is -2.55. The van der Waals surface area contributed by atoms with Crippen molar-refractivity contribution < 1.29 is 14.6 Å². The van der Waals surface area contributed by atoms with Gasteiger partial charge in [0.15, 0.2) is 0 Å². The van der Waals surface area contributed by atoms with Crippen LogP contribution >= 0.6 is 45.2 Å². The van der Waals surface area contributed by atoms with Crippen LogP contribution in [0.1, 0.15) is 74.1 Å². The smallest absolute Gasteiger partial charge is 0.320 e. The Morgan fingerprint density at radius 1 is 1.00 bits per heavy atom. The van der Waals surface area contributed by atoms with Gasteiger partial charge in [-0.05, 0) is 66.6 Å². The predicted molar refractivity (Wildman–Crippen MR) is 146 cm³/mol. The monoisotopic (exact) mass is 661 g/mol. The number of aliphatic carboxylic acids is 1. The van der Waals surface area contributed by atoms with E-state index in [1.165, 1.54) is 19.3 Å². The van der Waals surface area contributed by atoms with Gasteiger partial charge in [-0.1, -0.05) is 100 Å². The zero-order valence-corrected chi connectivity index (χ0v) is 24.7. The van der Waals surface area contributed by atoms with Crippen LogP contribution in [0.2, 0.25) is 0 Å². The van der Waals surface area contributed by atoms with Crippen molar-refractivity contribution >= 4 is 51.2 Å². The van der Waals surface area contributed by atoms with Gasteiger partial charge in [-0.2, -0.15) is 0 Å². The van der Waals surface area contributed by atoms with E-state index in [0.29, 0.717) is 50.0 Å². The van der Waals surface area contributed by atoms with E-state index in [1.54, 1.807) is 0 Å². The first-order valence-corrected chi connectivity index (χ1v) is 14.8. The molecule has 10 unspecified atom stereocenters. The molecule has 2 aliphatic carbocycles. The lowest BCUT2D eigenvalue weighted by Gasteiger charge is -2.51. The Bertz CT molecular complexity index is 573. The van der Waals surface area contributed by atoms with Crippen molar-refractivity contribution in [1.29, 1.82) is 0 Å². The summed E-state index contributed by atoms with van der Waals surface area (Å²) in [6.45, 7) is 16.4. The molecule has 0 heterocycles. The highest BCUT2D eigenvalue weighted by Gasteiger charge is 2.49. The van der Waals surface area contributed by atoms with Gasteiger partial charge in [0.2, 0.25) is 0 Å². The molecule has 0 aliphatic heterocycles. The van der Waals surface area contributed by atoms with Crippen molar-refractivity contribution in [3.63, 3.8) is 0 Å². The fourth-order valence-electron chi connectivity index (χ4n) is 6.54. The molecule has 10 atom stereocenters. The number of rotatable bonds is 8. The third kappa shape index (κ3) is 6.50. The minimum absolute atomic E-state index is 0.205. The molecule has 2 rings (SSSR count). The van der Waals surface area contributed by atoms with E-state index in [1.807, 2.05) is 0 Å². The normalized spacial score (nSPS) is 44.9. The number of halogens is 2. The first kappa shape index (κ1) is 28.1. The van der Waals surface area contributed by atoms with Crippen LogP contribution in [0.3, 0.4) is 0 Å². The Labute approximate surface area is 217 Å². The molecule has 2 fully saturated rings. The maximum atomic E-state index is 11.4. The molecule has 0 radical (unpaired) electrons. The molecule has 6 heteroatoms. The summed E-state index contributed by atoms with van der Waals surface area (Å²) in [6, 6.07) is -0.777. The average Bonchev–Trinajstić information content (AvgIpc) is 2.70. The van der Waals surface area contributed by atoms with Crippen molar-refractivity contribution in [3.8, 4) is 0 Å². The summed E-state index contributed by atoms with van der Waals surface area (Å²) in [5, 5.41) is 9.32. The minimum atomic E-state index is -0.890. The number of carboxylic acids is 1. The van der Waals surface area contributed by atoms with E-state index >= 15 is 0 Å². The quantitative estimate of drug-likeness (QED) is 0.233. The second-order valence-corrected chi connectivity index (χ2v) is 13.9. The second kappa shape index (κ2) is 12.0. The number of hydrogen-bond donors (Lipinski definition) is 2. The van der Waals surface area contributed by atoms with E-state index in [2.05, 4.69) is 93.6 Å². The van der Waals surface area contributed by atoms with Crippen molar-refractivity contribution in [3.05, 3.63) is 0 Å². The number of alkyl halides is 2. The van der Waals surface area contributed by atoms with Crippen molar-refractivity contribution in [2.75, 3.05) is 0 Å². The highest BCUT2D eigenvalue weighted by atomic mass is 127. The summed E-state index contributed by atoms with van der Waals surface area (Å²) in [7, 11) is 0. The van der Waals surface area contributed by atoms with E-state index in [4.69, 9.17) is 10.5 Å². The Hall–Kier alpha value is 0.850. The molecule has 0 bridgehead atoms. The molecule has 4 nitrogen and oxygen atoms in total. The zero-order valence-electron chi connectivity index (χ0n) is 20.4. The van der Waals surface area contributed by atoms with Crippen LogP contribution in [0.15, 0.2) is 0 Å². The number of carboxylic acid groups (broad SMARTS) is 1. The highest BCUT2D eigenvalue weighted by molar-refractivity contribution is 14.1.